The van der Waals surface area contributed by atoms with Crippen LogP contribution in [0.15, 0.2) is 72.8 Å². The summed E-state index contributed by atoms with van der Waals surface area (Å²) in [6.45, 7) is 5.15. The van der Waals surface area contributed by atoms with E-state index in [1.165, 1.54) is 11.1 Å². The van der Waals surface area contributed by atoms with Gasteiger partial charge in [0.2, 0.25) is 0 Å². The van der Waals surface area contributed by atoms with E-state index in [1.54, 1.807) is 13.2 Å². The van der Waals surface area contributed by atoms with Crippen LogP contribution < -0.4 is 10.1 Å². The van der Waals surface area contributed by atoms with Crippen molar-refractivity contribution in [1.29, 1.82) is 0 Å². The predicted molar refractivity (Wildman–Crippen MR) is 122 cm³/mol. The molecule has 0 aromatic heterocycles. The number of methoxy groups -OCH3 is 1. The van der Waals surface area contributed by atoms with Crippen LogP contribution in [0, 0.1) is 0 Å². The third kappa shape index (κ3) is 5.44. The van der Waals surface area contributed by atoms with Crippen molar-refractivity contribution in [3.63, 3.8) is 0 Å². The van der Waals surface area contributed by atoms with E-state index in [9.17, 15) is 5.11 Å². The van der Waals surface area contributed by atoms with Crippen molar-refractivity contribution >= 4 is 0 Å². The topological polar surface area (TPSA) is 54.0 Å². The first-order chi connectivity index (χ1) is 15.2. The standard InChI is InChI=1S/C26H30N2O3/c1-30-23-11-12-24(25(29)17-23)26(20-7-3-2-4-8-20)27-18-21-9-5-6-10-22(21)19-28-13-15-31-16-14-28/h2-12,17,26-27,29H,13-16,18-19H2,1H3/t26-/m1/s1. The first-order valence-corrected chi connectivity index (χ1v) is 10.8. The summed E-state index contributed by atoms with van der Waals surface area (Å²) in [6, 6.07) is 24.1. The molecule has 1 aliphatic heterocycles. The van der Waals surface area contributed by atoms with Crippen molar-refractivity contribution in [2.75, 3.05) is 33.4 Å². The highest BCUT2D eigenvalue weighted by Crippen LogP contribution is 2.32. The number of hydrogen-bond donors (Lipinski definition) is 2. The van der Waals surface area contributed by atoms with Crippen LogP contribution in [-0.2, 0) is 17.8 Å². The molecule has 162 valence electrons. The molecule has 5 nitrogen and oxygen atoms in total. The van der Waals surface area contributed by atoms with Gasteiger partial charge in [-0.1, -0.05) is 54.6 Å². The van der Waals surface area contributed by atoms with Crippen LogP contribution in [-0.4, -0.2) is 43.4 Å². The Morgan fingerprint density at radius 2 is 1.68 bits per heavy atom. The average Bonchev–Trinajstić information content (AvgIpc) is 2.82. The zero-order chi connectivity index (χ0) is 21.5. The molecule has 0 spiro atoms. The van der Waals surface area contributed by atoms with E-state index in [0.717, 1.165) is 44.0 Å². The number of hydrogen-bond acceptors (Lipinski definition) is 5. The fraction of sp³-hybridized carbons (Fsp3) is 0.308. The highest BCUT2D eigenvalue weighted by molar-refractivity contribution is 5.45. The van der Waals surface area contributed by atoms with Gasteiger partial charge in [0.15, 0.2) is 0 Å². The van der Waals surface area contributed by atoms with Crippen LogP contribution in [0.1, 0.15) is 28.3 Å². The van der Waals surface area contributed by atoms with Gasteiger partial charge in [0.25, 0.3) is 0 Å². The lowest BCUT2D eigenvalue weighted by Crippen LogP contribution is -2.36. The monoisotopic (exact) mass is 418 g/mol. The molecule has 0 bridgehead atoms. The molecule has 1 atom stereocenters. The minimum Gasteiger partial charge on any atom is -0.507 e. The summed E-state index contributed by atoms with van der Waals surface area (Å²) in [5.74, 6) is 0.867. The largest absolute Gasteiger partial charge is 0.507 e. The van der Waals surface area contributed by atoms with E-state index in [4.69, 9.17) is 9.47 Å². The molecule has 2 N–H and O–H groups in total. The number of benzene rings is 3. The van der Waals surface area contributed by atoms with Gasteiger partial charge in [0.1, 0.15) is 11.5 Å². The molecular weight excluding hydrogens is 388 g/mol. The van der Waals surface area contributed by atoms with Crippen molar-refractivity contribution in [3.05, 3.63) is 95.1 Å². The van der Waals surface area contributed by atoms with Crippen molar-refractivity contribution in [2.24, 2.45) is 0 Å². The first kappa shape index (κ1) is 21.4. The second kappa shape index (κ2) is 10.4. The maximum absolute atomic E-state index is 10.7. The molecule has 1 heterocycles. The van der Waals surface area contributed by atoms with Crippen LogP contribution in [0.5, 0.6) is 11.5 Å². The van der Waals surface area contributed by atoms with Gasteiger partial charge < -0.3 is 19.9 Å². The third-order valence-corrected chi connectivity index (χ3v) is 5.79. The van der Waals surface area contributed by atoms with Crippen molar-refractivity contribution in [2.45, 2.75) is 19.1 Å². The van der Waals surface area contributed by atoms with Crippen LogP contribution in [0.4, 0.5) is 0 Å². The number of aromatic hydroxyl groups is 1. The van der Waals surface area contributed by atoms with Crippen LogP contribution in [0.25, 0.3) is 0 Å². The third-order valence-electron chi connectivity index (χ3n) is 5.79. The molecule has 31 heavy (non-hydrogen) atoms. The molecule has 1 fully saturated rings. The van der Waals surface area contributed by atoms with Crippen molar-refractivity contribution < 1.29 is 14.6 Å². The summed E-state index contributed by atoms with van der Waals surface area (Å²) in [6.07, 6.45) is 0. The molecule has 0 unspecified atom stereocenters. The number of ether oxygens (including phenoxy) is 2. The van der Waals surface area contributed by atoms with Gasteiger partial charge >= 0.3 is 0 Å². The lowest BCUT2D eigenvalue weighted by molar-refractivity contribution is 0.0340. The summed E-state index contributed by atoms with van der Waals surface area (Å²) in [5.41, 5.74) is 4.52. The first-order valence-electron chi connectivity index (χ1n) is 10.8. The van der Waals surface area contributed by atoms with Crippen LogP contribution in [0.2, 0.25) is 0 Å². The maximum Gasteiger partial charge on any atom is 0.124 e. The Kier molecular flexibility index (Phi) is 7.20. The van der Waals surface area contributed by atoms with E-state index in [1.807, 2.05) is 30.3 Å². The van der Waals surface area contributed by atoms with E-state index < -0.39 is 0 Å². The van der Waals surface area contributed by atoms with Crippen molar-refractivity contribution in [1.82, 2.24) is 10.2 Å². The number of nitrogens with zero attached hydrogens (tertiary/aromatic N) is 1. The molecule has 0 radical (unpaired) electrons. The highest BCUT2D eigenvalue weighted by atomic mass is 16.5. The maximum atomic E-state index is 10.7. The molecule has 3 aromatic rings. The zero-order valence-electron chi connectivity index (χ0n) is 18.0. The Labute approximate surface area is 184 Å². The van der Waals surface area contributed by atoms with E-state index in [0.29, 0.717) is 12.3 Å². The van der Waals surface area contributed by atoms with Crippen molar-refractivity contribution in [3.8, 4) is 11.5 Å². The lowest BCUT2D eigenvalue weighted by Gasteiger charge is -2.28. The molecule has 3 aromatic carbocycles. The van der Waals surface area contributed by atoms with E-state index in [2.05, 4.69) is 46.6 Å². The van der Waals surface area contributed by atoms with Gasteiger partial charge in [-0.25, -0.2) is 0 Å². The Balaban J connectivity index is 1.56. The Morgan fingerprint density at radius 3 is 2.39 bits per heavy atom. The summed E-state index contributed by atoms with van der Waals surface area (Å²) < 4.78 is 10.7. The number of phenolic OH excluding ortho intramolecular Hbond substituents is 1. The molecule has 1 saturated heterocycles. The van der Waals surface area contributed by atoms with E-state index in [-0.39, 0.29) is 11.8 Å². The average molecular weight is 419 g/mol. The van der Waals surface area contributed by atoms with E-state index >= 15 is 0 Å². The number of nitrogens with one attached hydrogen (secondary N) is 1. The van der Waals surface area contributed by atoms with Gasteiger partial charge in [-0.05, 0) is 28.8 Å². The Bertz CT molecular complexity index is 971. The van der Waals surface area contributed by atoms with Gasteiger partial charge in [-0.15, -0.1) is 0 Å². The van der Waals surface area contributed by atoms with Gasteiger partial charge in [0, 0.05) is 37.8 Å². The summed E-state index contributed by atoms with van der Waals surface area (Å²) in [5, 5.41) is 14.4. The fourth-order valence-corrected chi connectivity index (χ4v) is 4.04. The molecule has 5 heteroatoms. The Hall–Kier alpha value is -2.86. The summed E-state index contributed by atoms with van der Waals surface area (Å²) >= 11 is 0. The van der Waals surface area contributed by atoms with Gasteiger partial charge in [-0.2, -0.15) is 0 Å². The summed E-state index contributed by atoms with van der Waals surface area (Å²) in [7, 11) is 1.60. The SMILES string of the molecule is COc1ccc([C@H](NCc2ccccc2CN2CCOCC2)c2ccccc2)c(O)c1. The normalized spacial score (nSPS) is 15.5. The summed E-state index contributed by atoms with van der Waals surface area (Å²) in [4.78, 5) is 2.44. The van der Waals surface area contributed by atoms with Crippen LogP contribution >= 0.6 is 0 Å². The lowest BCUT2D eigenvalue weighted by atomic mass is 9.97. The number of phenols is 1. The molecule has 0 aliphatic carbocycles. The second-order valence-corrected chi connectivity index (χ2v) is 7.81. The predicted octanol–water partition coefficient (Wildman–Crippen LogP) is 4.11. The minimum absolute atomic E-state index is 0.136. The molecule has 0 saturated carbocycles. The zero-order valence-corrected chi connectivity index (χ0v) is 18.0. The highest BCUT2D eigenvalue weighted by Gasteiger charge is 2.19. The fourth-order valence-electron chi connectivity index (χ4n) is 4.04. The minimum atomic E-state index is -0.136. The number of morpholine rings is 1. The Morgan fingerprint density at radius 1 is 0.968 bits per heavy atom. The molecule has 4 rings (SSSR count). The van der Waals surface area contributed by atoms with Gasteiger partial charge in [-0.3, -0.25) is 4.90 Å². The molecule has 0 amide bonds. The molecule has 1 aliphatic rings. The van der Waals surface area contributed by atoms with Gasteiger partial charge in [0.05, 0.1) is 26.4 Å². The van der Waals surface area contributed by atoms with Crippen LogP contribution in [0.3, 0.4) is 0 Å². The second-order valence-electron chi connectivity index (χ2n) is 7.81. The quantitative estimate of drug-likeness (QED) is 0.577. The smallest absolute Gasteiger partial charge is 0.124 e. The molecular formula is C26H30N2O3. The number of rotatable bonds is 8.